The molecule has 0 bridgehead atoms. The van der Waals surface area contributed by atoms with Gasteiger partial charge in [0.05, 0.1) is 5.97 Å². The highest BCUT2D eigenvalue weighted by Gasteiger charge is 2.13. The quantitative estimate of drug-likeness (QED) is 0.540. The van der Waals surface area contributed by atoms with E-state index in [2.05, 4.69) is 5.32 Å². The maximum Gasteiger partial charge on any atom is 0.266 e. The Labute approximate surface area is 168 Å². The number of amides is 1. The predicted molar refractivity (Wildman–Crippen MR) is 108 cm³/mol. The lowest BCUT2D eigenvalue weighted by Gasteiger charge is -2.11. The van der Waals surface area contributed by atoms with Crippen LogP contribution in [0.25, 0.3) is 11.8 Å². The van der Waals surface area contributed by atoms with Gasteiger partial charge in [-0.25, -0.2) is 0 Å². The molecular formula is C23H18N3O3-. The van der Waals surface area contributed by atoms with Crippen molar-refractivity contribution < 1.29 is 14.7 Å². The summed E-state index contributed by atoms with van der Waals surface area (Å²) in [5.74, 6) is -1.79. The topological polar surface area (TPSA) is 98.0 Å². The van der Waals surface area contributed by atoms with Crippen molar-refractivity contribution in [3.8, 4) is 11.8 Å². The molecular weight excluding hydrogens is 366 g/mol. The molecule has 0 aliphatic carbocycles. The van der Waals surface area contributed by atoms with Crippen molar-refractivity contribution in [1.82, 2.24) is 4.57 Å². The van der Waals surface area contributed by atoms with Crippen molar-refractivity contribution in [1.29, 1.82) is 5.26 Å². The van der Waals surface area contributed by atoms with Gasteiger partial charge in [-0.1, -0.05) is 24.3 Å². The summed E-state index contributed by atoms with van der Waals surface area (Å²) in [6.07, 6.45) is 3.18. The third kappa shape index (κ3) is 4.25. The second-order valence-electron chi connectivity index (χ2n) is 6.51. The van der Waals surface area contributed by atoms with E-state index in [9.17, 15) is 20.0 Å². The highest BCUT2D eigenvalue weighted by molar-refractivity contribution is 6.10. The number of aromatic nitrogens is 1. The number of nitrogens with zero attached hydrogens (tertiary/aromatic N) is 2. The zero-order chi connectivity index (χ0) is 21.0. The van der Waals surface area contributed by atoms with E-state index in [1.54, 1.807) is 41.1 Å². The molecule has 0 spiro atoms. The smallest absolute Gasteiger partial charge is 0.266 e. The molecule has 3 aromatic rings. The summed E-state index contributed by atoms with van der Waals surface area (Å²) in [6, 6.07) is 17.2. The average molecular weight is 384 g/mol. The zero-order valence-electron chi connectivity index (χ0n) is 16.0. The van der Waals surface area contributed by atoms with E-state index in [-0.39, 0.29) is 11.1 Å². The maximum absolute atomic E-state index is 12.6. The SMILES string of the molecule is Cc1cccc(NC(=O)/C(C#N)=C/c2cccn2-c2cccc(C(=O)[O-])c2)c1C. The zero-order valence-corrected chi connectivity index (χ0v) is 16.0. The molecule has 0 saturated carbocycles. The summed E-state index contributed by atoms with van der Waals surface area (Å²) < 4.78 is 1.69. The van der Waals surface area contributed by atoms with Crippen LogP contribution in [0.3, 0.4) is 0 Å². The third-order valence-electron chi connectivity index (χ3n) is 4.65. The van der Waals surface area contributed by atoms with Crippen LogP contribution in [0.5, 0.6) is 0 Å². The van der Waals surface area contributed by atoms with Gasteiger partial charge in [0.2, 0.25) is 0 Å². The molecule has 3 rings (SSSR count). The Balaban J connectivity index is 1.93. The van der Waals surface area contributed by atoms with Gasteiger partial charge in [-0.3, -0.25) is 4.79 Å². The molecule has 0 unspecified atom stereocenters. The Bertz CT molecular complexity index is 1170. The number of carbonyl (C=O) groups excluding carboxylic acids is 2. The lowest BCUT2D eigenvalue weighted by molar-refractivity contribution is -0.255. The minimum atomic E-state index is -1.28. The molecule has 1 amide bonds. The fourth-order valence-corrected chi connectivity index (χ4v) is 2.90. The summed E-state index contributed by atoms with van der Waals surface area (Å²) in [7, 11) is 0. The number of nitriles is 1. The van der Waals surface area contributed by atoms with Gasteiger partial charge in [0.1, 0.15) is 11.6 Å². The molecule has 29 heavy (non-hydrogen) atoms. The van der Waals surface area contributed by atoms with Gasteiger partial charge in [0.15, 0.2) is 0 Å². The van der Waals surface area contributed by atoms with E-state index < -0.39 is 11.9 Å². The Hall–Kier alpha value is -4.11. The number of aromatic carboxylic acids is 1. The van der Waals surface area contributed by atoms with Crippen LogP contribution in [0.15, 0.2) is 66.4 Å². The van der Waals surface area contributed by atoms with Crippen LogP contribution in [0.4, 0.5) is 5.69 Å². The summed E-state index contributed by atoms with van der Waals surface area (Å²) in [4.78, 5) is 23.7. The van der Waals surface area contributed by atoms with Crippen molar-refractivity contribution in [2.45, 2.75) is 13.8 Å². The molecule has 0 radical (unpaired) electrons. The lowest BCUT2D eigenvalue weighted by atomic mass is 10.1. The van der Waals surface area contributed by atoms with Gasteiger partial charge in [0, 0.05) is 23.3 Å². The van der Waals surface area contributed by atoms with Gasteiger partial charge in [-0.05, 0) is 66.9 Å². The van der Waals surface area contributed by atoms with Crippen LogP contribution in [-0.2, 0) is 4.79 Å². The van der Waals surface area contributed by atoms with Crippen LogP contribution in [-0.4, -0.2) is 16.4 Å². The summed E-state index contributed by atoms with van der Waals surface area (Å²) in [6.45, 7) is 3.84. The Morgan fingerprint density at radius 1 is 1.10 bits per heavy atom. The predicted octanol–water partition coefficient (Wildman–Crippen LogP) is 3.00. The second kappa shape index (κ2) is 8.28. The molecule has 1 N–H and O–H groups in total. The van der Waals surface area contributed by atoms with Crippen LogP contribution in [0, 0.1) is 25.2 Å². The molecule has 2 aromatic carbocycles. The van der Waals surface area contributed by atoms with Crippen LogP contribution >= 0.6 is 0 Å². The van der Waals surface area contributed by atoms with E-state index in [0.29, 0.717) is 17.1 Å². The second-order valence-corrected chi connectivity index (χ2v) is 6.51. The Morgan fingerprint density at radius 2 is 1.86 bits per heavy atom. The summed E-state index contributed by atoms with van der Waals surface area (Å²) >= 11 is 0. The van der Waals surface area contributed by atoms with Crippen molar-refractivity contribution in [2.24, 2.45) is 0 Å². The highest BCUT2D eigenvalue weighted by atomic mass is 16.4. The van der Waals surface area contributed by atoms with Crippen LogP contribution < -0.4 is 10.4 Å². The molecule has 6 nitrogen and oxygen atoms in total. The lowest BCUT2D eigenvalue weighted by Crippen LogP contribution is -2.22. The summed E-state index contributed by atoms with van der Waals surface area (Å²) in [5.41, 5.74) is 3.73. The van der Waals surface area contributed by atoms with Gasteiger partial charge in [-0.2, -0.15) is 5.26 Å². The number of hydrogen-bond donors (Lipinski definition) is 1. The first kappa shape index (κ1) is 19.6. The molecule has 0 aliphatic heterocycles. The minimum Gasteiger partial charge on any atom is -0.545 e. The van der Waals surface area contributed by atoms with Gasteiger partial charge >= 0.3 is 0 Å². The van der Waals surface area contributed by atoms with Crippen molar-refractivity contribution in [3.05, 3.63) is 88.8 Å². The third-order valence-corrected chi connectivity index (χ3v) is 4.65. The molecule has 0 aliphatic rings. The van der Waals surface area contributed by atoms with Crippen molar-refractivity contribution in [3.63, 3.8) is 0 Å². The van der Waals surface area contributed by atoms with E-state index in [1.807, 2.05) is 32.0 Å². The fraction of sp³-hybridized carbons (Fsp3) is 0.0870. The first-order chi connectivity index (χ1) is 13.9. The normalized spacial score (nSPS) is 11.0. The number of benzene rings is 2. The number of carbonyl (C=O) groups is 2. The standard InChI is InChI=1S/C23H19N3O3/c1-15-6-3-10-21(16(15)2)25-22(27)18(14-24)13-20-9-5-11-26(20)19-8-4-7-17(12-19)23(28)29/h3-13H,1-2H3,(H,25,27)(H,28,29)/p-1/b18-13+. The largest absolute Gasteiger partial charge is 0.545 e. The van der Waals surface area contributed by atoms with Gasteiger partial charge < -0.3 is 19.8 Å². The Kier molecular flexibility index (Phi) is 5.61. The number of nitrogens with one attached hydrogen (secondary N) is 1. The van der Waals surface area contributed by atoms with Crippen molar-refractivity contribution in [2.75, 3.05) is 5.32 Å². The molecule has 144 valence electrons. The monoisotopic (exact) mass is 384 g/mol. The maximum atomic E-state index is 12.6. The molecule has 0 saturated heterocycles. The first-order valence-corrected chi connectivity index (χ1v) is 8.89. The van der Waals surface area contributed by atoms with Crippen LogP contribution in [0.1, 0.15) is 27.2 Å². The van der Waals surface area contributed by atoms with E-state index in [4.69, 9.17) is 0 Å². The number of aryl methyl sites for hydroxylation is 1. The number of rotatable bonds is 5. The first-order valence-electron chi connectivity index (χ1n) is 8.89. The molecule has 0 atom stereocenters. The van der Waals surface area contributed by atoms with E-state index in [0.717, 1.165) is 11.1 Å². The number of hydrogen-bond acceptors (Lipinski definition) is 4. The average Bonchev–Trinajstić information content (AvgIpc) is 3.18. The van der Waals surface area contributed by atoms with E-state index >= 15 is 0 Å². The Morgan fingerprint density at radius 3 is 2.59 bits per heavy atom. The fourth-order valence-electron chi connectivity index (χ4n) is 2.90. The highest BCUT2D eigenvalue weighted by Crippen LogP contribution is 2.20. The number of carboxylic acids is 1. The van der Waals surface area contributed by atoms with Gasteiger partial charge in [-0.15, -0.1) is 0 Å². The molecule has 1 heterocycles. The van der Waals surface area contributed by atoms with E-state index in [1.165, 1.54) is 18.2 Å². The van der Waals surface area contributed by atoms with Crippen molar-refractivity contribution >= 4 is 23.6 Å². The van der Waals surface area contributed by atoms with Gasteiger partial charge in [0.25, 0.3) is 5.91 Å². The molecule has 0 fully saturated rings. The minimum absolute atomic E-state index is 0.0410. The number of anilines is 1. The molecule has 1 aromatic heterocycles. The summed E-state index contributed by atoms with van der Waals surface area (Å²) in [5, 5.41) is 23.4. The number of carboxylic acid groups (broad SMARTS) is 1. The molecule has 6 heteroatoms. The van der Waals surface area contributed by atoms with Crippen LogP contribution in [0.2, 0.25) is 0 Å².